The van der Waals surface area contributed by atoms with Crippen molar-refractivity contribution in [1.82, 2.24) is 0 Å². The summed E-state index contributed by atoms with van der Waals surface area (Å²) in [5.41, 5.74) is 4.53. The first-order chi connectivity index (χ1) is 13.2. The van der Waals surface area contributed by atoms with Crippen molar-refractivity contribution >= 4 is 21.9 Å². The standard InChI is InChI=1S/C23H20FN2O/c1-13(2)17-12-26(4)19(10-18(17)24)21-14(3)8-9-16-22-15(11-25)6-5-7-20(22)27-23(16)21/h5-10,12-13H,1-4H3/q+1/i13D. The number of aryl methyl sites for hydroxylation is 2. The summed E-state index contributed by atoms with van der Waals surface area (Å²) in [6, 6.07) is 13.0. The van der Waals surface area contributed by atoms with Crippen LogP contribution < -0.4 is 4.57 Å². The molecule has 0 bridgehead atoms. The van der Waals surface area contributed by atoms with Crippen LogP contribution in [0.5, 0.6) is 0 Å². The minimum Gasteiger partial charge on any atom is -0.455 e. The molecule has 0 aliphatic heterocycles. The maximum absolute atomic E-state index is 14.9. The third kappa shape index (κ3) is 2.59. The molecule has 134 valence electrons. The Labute approximate surface area is 158 Å². The molecule has 2 aromatic carbocycles. The molecule has 0 aliphatic carbocycles. The van der Waals surface area contributed by atoms with E-state index in [9.17, 15) is 9.65 Å². The zero-order chi connectivity index (χ0) is 20.2. The van der Waals surface area contributed by atoms with Crippen molar-refractivity contribution in [3.05, 3.63) is 65.1 Å². The van der Waals surface area contributed by atoms with Gasteiger partial charge in [-0.05, 0) is 30.5 Å². The second-order valence-electron chi connectivity index (χ2n) is 7.06. The third-order valence-electron chi connectivity index (χ3n) is 5.01. The quantitative estimate of drug-likeness (QED) is 0.442. The van der Waals surface area contributed by atoms with E-state index in [4.69, 9.17) is 5.79 Å². The Hall–Kier alpha value is -3.19. The minimum absolute atomic E-state index is 0.333. The summed E-state index contributed by atoms with van der Waals surface area (Å²) in [5, 5.41) is 11.1. The number of benzene rings is 2. The van der Waals surface area contributed by atoms with E-state index in [2.05, 4.69) is 6.07 Å². The molecule has 0 amide bonds. The Balaban J connectivity index is 2.09. The largest absolute Gasteiger partial charge is 0.455 e. The summed E-state index contributed by atoms with van der Waals surface area (Å²) in [4.78, 5) is 0. The molecule has 27 heavy (non-hydrogen) atoms. The summed E-state index contributed by atoms with van der Waals surface area (Å²) < 4.78 is 31.0. The lowest BCUT2D eigenvalue weighted by Crippen LogP contribution is -2.32. The Kier molecular flexibility index (Phi) is 3.68. The van der Waals surface area contributed by atoms with Gasteiger partial charge in [-0.1, -0.05) is 32.0 Å². The highest BCUT2D eigenvalue weighted by molar-refractivity contribution is 6.11. The number of pyridine rings is 1. The van der Waals surface area contributed by atoms with Crippen LogP contribution in [0.2, 0.25) is 0 Å². The molecule has 2 heterocycles. The van der Waals surface area contributed by atoms with Crippen LogP contribution in [0.15, 0.2) is 47.0 Å². The van der Waals surface area contributed by atoms with Gasteiger partial charge in [0.05, 0.1) is 22.8 Å². The highest BCUT2D eigenvalue weighted by atomic mass is 19.1. The Morgan fingerprint density at radius 3 is 2.74 bits per heavy atom. The molecule has 2 aromatic heterocycles. The smallest absolute Gasteiger partial charge is 0.219 e. The number of halogens is 1. The predicted octanol–water partition coefficient (Wildman–Crippen LogP) is 5.52. The summed E-state index contributed by atoms with van der Waals surface area (Å²) >= 11 is 0. The maximum Gasteiger partial charge on any atom is 0.219 e. The fourth-order valence-corrected chi connectivity index (χ4v) is 3.64. The summed E-state index contributed by atoms with van der Waals surface area (Å²) in [5.74, 6) is -1.46. The van der Waals surface area contributed by atoms with Crippen LogP contribution in [0.1, 0.15) is 37.8 Å². The molecule has 0 spiro atoms. The van der Waals surface area contributed by atoms with Crippen molar-refractivity contribution < 1.29 is 14.7 Å². The number of nitrogens with zero attached hydrogens (tertiary/aromatic N) is 2. The van der Waals surface area contributed by atoms with E-state index in [1.165, 1.54) is 6.07 Å². The zero-order valence-corrected chi connectivity index (χ0v) is 15.7. The van der Waals surface area contributed by atoms with Gasteiger partial charge in [0.1, 0.15) is 24.0 Å². The van der Waals surface area contributed by atoms with Crippen molar-refractivity contribution in [2.75, 3.05) is 0 Å². The molecule has 4 aromatic rings. The van der Waals surface area contributed by atoms with Gasteiger partial charge in [-0.15, -0.1) is 0 Å². The van der Waals surface area contributed by atoms with Crippen LogP contribution in [-0.2, 0) is 7.05 Å². The second-order valence-corrected chi connectivity index (χ2v) is 7.06. The second kappa shape index (κ2) is 6.21. The fraction of sp³-hybridized carbons (Fsp3) is 0.217. The van der Waals surface area contributed by atoms with E-state index >= 15 is 0 Å². The molecular formula is C23H20FN2O+. The molecule has 0 saturated heterocycles. The van der Waals surface area contributed by atoms with E-state index in [1.807, 2.05) is 36.7 Å². The first kappa shape index (κ1) is 16.0. The third-order valence-corrected chi connectivity index (χ3v) is 5.01. The van der Waals surface area contributed by atoms with Crippen LogP contribution in [0.3, 0.4) is 0 Å². The van der Waals surface area contributed by atoms with Crippen molar-refractivity contribution in [1.29, 1.82) is 5.26 Å². The van der Waals surface area contributed by atoms with E-state index in [0.717, 1.165) is 21.9 Å². The van der Waals surface area contributed by atoms with Crippen molar-refractivity contribution in [2.24, 2.45) is 7.05 Å². The van der Waals surface area contributed by atoms with Gasteiger partial charge in [0.15, 0.2) is 6.20 Å². The van der Waals surface area contributed by atoms with Gasteiger partial charge in [0.2, 0.25) is 5.69 Å². The minimum atomic E-state index is -1.04. The Bertz CT molecular complexity index is 1290. The molecule has 0 fully saturated rings. The molecule has 3 nitrogen and oxygen atoms in total. The van der Waals surface area contributed by atoms with E-state index < -0.39 is 11.7 Å². The zero-order valence-electron chi connectivity index (χ0n) is 16.7. The number of hydrogen-bond donors (Lipinski definition) is 0. The van der Waals surface area contributed by atoms with Gasteiger partial charge in [-0.25, -0.2) is 8.96 Å². The first-order valence-electron chi connectivity index (χ1n) is 9.27. The Morgan fingerprint density at radius 2 is 2.04 bits per heavy atom. The van der Waals surface area contributed by atoms with Gasteiger partial charge >= 0.3 is 0 Å². The topological polar surface area (TPSA) is 40.8 Å². The van der Waals surface area contributed by atoms with Crippen LogP contribution in [0.4, 0.5) is 4.39 Å². The molecule has 0 N–H and O–H groups in total. The molecule has 0 radical (unpaired) electrons. The maximum atomic E-state index is 14.9. The SMILES string of the molecule is [2H]C(C)(C)c1c[n+](C)c(-c2c(C)ccc3c2oc2cccc(C#N)c23)cc1F. The van der Waals surface area contributed by atoms with Crippen LogP contribution in [0.25, 0.3) is 33.2 Å². The van der Waals surface area contributed by atoms with Gasteiger partial charge in [0, 0.05) is 18.2 Å². The van der Waals surface area contributed by atoms with E-state index in [1.54, 1.807) is 32.2 Å². The molecule has 4 rings (SSSR count). The average molecular weight is 360 g/mol. The predicted molar refractivity (Wildman–Crippen MR) is 104 cm³/mol. The van der Waals surface area contributed by atoms with Crippen LogP contribution in [0, 0.1) is 24.1 Å². The van der Waals surface area contributed by atoms with Gasteiger partial charge in [0.25, 0.3) is 0 Å². The first-order valence-corrected chi connectivity index (χ1v) is 8.77. The highest BCUT2D eigenvalue weighted by Gasteiger charge is 2.24. The van der Waals surface area contributed by atoms with Crippen molar-refractivity contribution in [3.63, 3.8) is 0 Å². The van der Waals surface area contributed by atoms with Gasteiger partial charge in [-0.2, -0.15) is 5.26 Å². The van der Waals surface area contributed by atoms with Gasteiger partial charge < -0.3 is 4.42 Å². The normalized spacial score (nSPS) is 12.4. The Morgan fingerprint density at radius 1 is 1.26 bits per heavy atom. The summed E-state index contributed by atoms with van der Waals surface area (Å²) in [7, 11) is 1.84. The number of fused-ring (bicyclic) bond motifs is 3. The number of rotatable bonds is 2. The molecule has 0 unspecified atom stereocenters. The van der Waals surface area contributed by atoms with Crippen molar-refractivity contribution in [3.8, 4) is 17.3 Å². The molecular weight excluding hydrogens is 339 g/mol. The summed E-state index contributed by atoms with van der Waals surface area (Å²) in [6.45, 7) is 5.28. The molecule has 0 aliphatic rings. The number of hydrogen-bond acceptors (Lipinski definition) is 2. The highest BCUT2D eigenvalue weighted by Crippen LogP contribution is 2.38. The van der Waals surface area contributed by atoms with Gasteiger partial charge in [-0.3, -0.25) is 0 Å². The van der Waals surface area contributed by atoms with Crippen LogP contribution >= 0.6 is 0 Å². The molecule has 0 atom stereocenters. The fourth-order valence-electron chi connectivity index (χ4n) is 3.64. The number of aromatic nitrogens is 1. The lowest BCUT2D eigenvalue weighted by molar-refractivity contribution is -0.661. The lowest BCUT2D eigenvalue weighted by atomic mass is 9.97. The number of furan rings is 1. The lowest BCUT2D eigenvalue weighted by Gasteiger charge is -2.09. The summed E-state index contributed by atoms with van der Waals surface area (Å²) in [6.07, 6.45) is 1.67. The van der Waals surface area contributed by atoms with Crippen molar-refractivity contribution in [2.45, 2.75) is 26.7 Å². The number of nitriles is 1. The van der Waals surface area contributed by atoms with E-state index in [-0.39, 0.29) is 0 Å². The monoisotopic (exact) mass is 360 g/mol. The van der Waals surface area contributed by atoms with Crippen LogP contribution in [-0.4, -0.2) is 0 Å². The molecule has 4 heteroatoms. The average Bonchev–Trinajstić information content (AvgIpc) is 3.01. The van der Waals surface area contributed by atoms with E-state index in [0.29, 0.717) is 28.0 Å². The molecule has 0 saturated carbocycles.